The normalized spacial score (nSPS) is 30.4. The Balaban J connectivity index is 2.40. The summed E-state index contributed by atoms with van der Waals surface area (Å²) in [7, 11) is 0. The summed E-state index contributed by atoms with van der Waals surface area (Å²) < 4.78 is 6.05. The van der Waals surface area contributed by atoms with Crippen molar-refractivity contribution in [3.8, 4) is 0 Å². The van der Waals surface area contributed by atoms with E-state index in [-0.39, 0.29) is 0 Å². The molecule has 0 aliphatic carbocycles. The molecule has 40 valence electrons. The second-order valence-electron chi connectivity index (χ2n) is 1.09. The van der Waals surface area contributed by atoms with Gasteiger partial charge in [0.15, 0.2) is 4.11 Å². The number of thioether (sulfide) groups is 1. The van der Waals surface area contributed by atoms with Gasteiger partial charge in [-0.3, -0.25) is 0 Å². The average molecular weight is 246 g/mol. The average Bonchev–Trinajstić information content (AvgIpc) is 1.87. The predicted octanol–water partition coefficient (Wildman–Crippen LogP) is 1.80. The van der Waals surface area contributed by atoms with E-state index in [9.17, 15) is 0 Å². The Morgan fingerprint density at radius 1 is 2.00 bits per heavy atom. The Hall–Kier alpha value is 0.970. The van der Waals surface area contributed by atoms with Crippen LogP contribution in [0.1, 0.15) is 0 Å². The highest BCUT2D eigenvalue weighted by Gasteiger charge is 2.16. The maximum atomic E-state index is 5.04. The van der Waals surface area contributed by atoms with Crippen LogP contribution in [0.3, 0.4) is 0 Å². The molecule has 1 rings (SSSR count). The first-order valence-corrected chi connectivity index (χ1v) is 4.40. The summed E-state index contributed by atoms with van der Waals surface area (Å²) in [4.78, 5) is 0. The lowest BCUT2D eigenvalue weighted by Crippen LogP contribution is -1.95. The van der Waals surface area contributed by atoms with Crippen molar-refractivity contribution >= 4 is 51.0 Å². The minimum atomic E-state index is 0.315. The Morgan fingerprint density at radius 2 is 2.71 bits per heavy atom. The van der Waals surface area contributed by atoms with Crippen LogP contribution in [0.5, 0.6) is 0 Å². The Morgan fingerprint density at radius 3 is 2.86 bits per heavy atom. The van der Waals surface area contributed by atoms with E-state index < -0.39 is 0 Å². The molecule has 0 bridgehead atoms. The van der Waals surface area contributed by atoms with Gasteiger partial charge in [0.2, 0.25) is 4.38 Å². The van der Waals surface area contributed by atoms with Gasteiger partial charge in [-0.05, 0) is 34.8 Å². The van der Waals surface area contributed by atoms with Crippen LogP contribution in [0.4, 0.5) is 0 Å². The minimum Gasteiger partial charge on any atom is -0.464 e. The van der Waals surface area contributed by atoms with Gasteiger partial charge in [0, 0.05) is 5.75 Å². The summed E-state index contributed by atoms with van der Waals surface area (Å²) in [5.74, 6) is 1.01. The molecule has 1 fully saturated rings. The molecule has 0 amide bonds. The topological polar surface area (TPSA) is 9.23 Å². The molecule has 1 nitrogen and oxygen atoms in total. The standard InChI is InChI=1S/C3H3IOS2/c4-2-1-7-3(6)5-2/h2H,1H2. The molecule has 0 saturated carbocycles. The molecule has 0 aromatic rings. The molecule has 0 spiro atoms. The van der Waals surface area contributed by atoms with Crippen LogP contribution < -0.4 is 0 Å². The van der Waals surface area contributed by atoms with E-state index in [1.165, 1.54) is 0 Å². The Kier molecular flexibility index (Phi) is 2.18. The van der Waals surface area contributed by atoms with Crippen LogP contribution in [0.2, 0.25) is 0 Å². The van der Waals surface area contributed by atoms with E-state index in [0.717, 1.165) is 5.75 Å². The van der Waals surface area contributed by atoms with Crippen LogP contribution in [-0.2, 0) is 4.74 Å². The van der Waals surface area contributed by atoms with Crippen molar-refractivity contribution in [2.45, 2.75) is 4.11 Å². The molecule has 1 aliphatic rings. The van der Waals surface area contributed by atoms with Gasteiger partial charge < -0.3 is 4.74 Å². The van der Waals surface area contributed by atoms with Gasteiger partial charge in [0.25, 0.3) is 0 Å². The number of alkyl halides is 1. The summed E-state index contributed by atoms with van der Waals surface area (Å²) in [6.45, 7) is 0. The first-order chi connectivity index (χ1) is 3.29. The SMILES string of the molecule is S=C1OC(I)CS1. The zero-order chi connectivity index (χ0) is 5.28. The van der Waals surface area contributed by atoms with E-state index in [2.05, 4.69) is 22.6 Å². The third-order valence-electron chi connectivity index (χ3n) is 0.556. The third-order valence-corrected chi connectivity index (χ3v) is 3.10. The number of halogens is 1. The highest BCUT2D eigenvalue weighted by Crippen LogP contribution is 2.23. The van der Waals surface area contributed by atoms with Gasteiger partial charge in [0.05, 0.1) is 0 Å². The summed E-state index contributed by atoms with van der Waals surface area (Å²) in [6, 6.07) is 0. The largest absolute Gasteiger partial charge is 0.464 e. The predicted molar refractivity (Wildman–Crippen MR) is 43.9 cm³/mol. The molecule has 0 radical (unpaired) electrons. The zero-order valence-electron chi connectivity index (χ0n) is 3.39. The van der Waals surface area contributed by atoms with E-state index in [0.29, 0.717) is 8.49 Å². The molecule has 7 heavy (non-hydrogen) atoms. The maximum Gasteiger partial charge on any atom is 0.221 e. The molecule has 1 atom stereocenters. The quantitative estimate of drug-likeness (QED) is 0.366. The van der Waals surface area contributed by atoms with E-state index in [1.807, 2.05) is 0 Å². The van der Waals surface area contributed by atoms with Crippen molar-refractivity contribution in [3.05, 3.63) is 0 Å². The lowest BCUT2D eigenvalue weighted by atomic mass is 10.9. The summed E-state index contributed by atoms with van der Waals surface area (Å²) in [5, 5.41) is 0. The van der Waals surface area contributed by atoms with Gasteiger partial charge in [-0.15, -0.1) is 0 Å². The van der Waals surface area contributed by atoms with Crippen LogP contribution >= 0.6 is 46.6 Å². The van der Waals surface area contributed by atoms with Crippen LogP contribution in [0.15, 0.2) is 0 Å². The second-order valence-corrected chi connectivity index (χ2v) is 4.10. The lowest BCUT2D eigenvalue weighted by molar-refractivity contribution is 0.342. The van der Waals surface area contributed by atoms with E-state index >= 15 is 0 Å². The number of hydrogen-bond donors (Lipinski definition) is 0. The summed E-state index contributed by atoms with van der Waals surface area (Å²) in [6.07, 6.45) is 0. The second kappa shape index (κ2) is 2.50. The first-order valence-electron chi connectivity index (χ1n) is 1.76. The summed E-state index contributed by atoms with van der Waals surface area (Å²) >= 11 is 8.56. The fourth-order valence-electron chi connectivity index (χ4n) is 0.306. The third kappa shape index (κ3) is 1.73. The zero-order valence-corrected chi connectivity index (χ0v) is 7.18. The van der Waals surface area contributed by atoms with Crippen molar-refractivity contribution in [2.75, 3.05) is 5.75 Å². The molecule has 0 aromatic heterocycles. The monoisotopic (exact) mass is 246 g/mol. The van der Waals surface area contributed by atoms with Crippen molar-refractivity contribution in [2.24, 2.45) is 0 Å². The fraction of sp³-hybridized carbons (Fsp3) is 0.667. The molecule has 0 N–H and O–H groups in total. The van der Waals surface area contributed by atoms with Gasteiger partial charge in [-0.2, -0.15) is 0 Å². The minimum absolute atomic E-state index is 0.315. The van der Waals surface area contributed by atoms with Crippen molar-refractivity contribution < 1.29 is 4.74 Å². The number of hydrogen-bond acceptors (Lipinski definition) is 3. The molecule has 1 saturated heterocycles. The Bertz CT molecular complexity index is 94.9. The summed E-state index contributed by atoms with van der Waals surface area (Å²) in [5.41, 5.74) is 0. The molecule has 1 unspecified atom stereocenters. The number of thiocarbonyl (C=S) groups is 1. The molecule has 4 heteroatoms. The fourth-order valence-corrected chi connectivity index (χ4v) is 2.28. The number of rotatable bonds is 0. The van der Waals surface area contributed by atoms with E-state index in [4.69, 9.17) is 17.0 Å². The lowest BCUT2D eigenvalue weighted by Gasteiger charge is -1.93. The van der Waals surface area contributed by atoms with Crippen LogP contribution in [0.25, 0.3) is 0 Å². The van der Waals surface area contributed by atoms with Crippen LogP contribution in [-0.4, -0.2) is 14.2 Å². The van der Waals surface area contributed by atoms with Crippen LogP contribution in [0, 0.1) is 0 Å². The Labute approximate surface area is 65.3 Å². The molecular weight excluding hydrogens is 243 g/mol. The first kappa shape index (κ1) is 6.10. The smallest absolute Gasteiger partial charge is 0.221 e. The highest BCUT2D eigenvalue weighted by molar-refractivity contribution is 14.1. The molecule has 0 aromatic carbocycles. The number of ether oxygens (including phenoxy) is 1. The molecular formula is C3H3IOS2. The van der Waals surface area contributed by atoms with Gasteiger partial charge in [-0.1, -0.05) is 11.8 Å². The van der Waals surface area contributed by atoms with Gasteiger partial charge >= 0.3 is 0 Å². The molecule has 1 aliphatic heterocycles. The van der Waals surface area contributed by atoms with E-state index in [1.54, 1.807) is 11.8 Å². The van der Waals surface area contributed by atoms with Crippen molar-refractivity contribution in [1.82, 2.24) is 0 Å². The van der Waals surface area contributed by atoms with Crippen molar-refractivity contribution in [1.29, 1.82) is 0 Å². The maximum absolute atomic E-state index is 5.04. The van der Waals surface area contributed by atoms with Gasteiger partial charge in [0.1, 0.15) is 0 Å². The van der Waals surface area contributed by atoms with Gasteiger partial charge in [-0.25, -0.2) is 0 Å². The highest BCUT2D eigenvalue weighted by atomic mass is 127. The molecule has 1 heterocycles. The van der Waals surface area contributed by atoms with Crippen molar-refractivity contribution in [3.63, 3.8) is 0 Å².